The molecule has 0 aliphatic heterocycles. The van der Waals surface area contributed by atoms with Gasteiger partial charge in [0.1, 0.15) is 0 Å². The minimum atomic E-state index is -0.00847. The number of fused-ring (bicyclic) bond motifs is 1. The lowest BCUT2D eigenvalue weighted by Crippen LogP contribution is -2.46. The largest absolute Gasteiger partial charge is 0.298 e. The molecule has 0 heterocycles. The zero-order valence-electron chi connectivity index (χ0n) is 11.5. The maximum absolute atomic E-state index is 12.3. The van der Waals surface area contributed by atoms with Crippen LogP contribution in [0, 0.1) is 23.2 Å². The van der Waals surface area contributed by atoms with E-state index in [-0.39, 0.29) is 23.0 Å². The third-order valence-corrected chi connectivity index (χ3v) is 5.18. The predicted molar refractivity (Wildman–Crippen MR) is 72.1 cm³/mol. The highest BCUT2D eigenvalue weighted by Crippen LogP contribution is 2.53. The molecular weight excluding hydrogens is 224 g/mol. The molecule has 0 aromatic heterocycles. The van der Waals surface area contributed by atoms with Crippen LogP contribution in [0.2, 0.25) is 0 Å². The maximum atomic E-state index is 12.3. The summed E-state index contributed by atoms with van der Waals surface area (Å²) in [6.07, 6.45) is 5.53. The Kier molecular flexibility index (Phi) is 3.31. The van der Waals surface area contributed by atoms with Crippen LogP contribution >= 0.6 is 0 Å². The van der Waals surface area contributed by atoms with Gasteiger partial charge in [-0.3, -0.25) is 9.59 Å². The Morgan fingerprint density at radius 1 is 1.50 bits per heavy atom. The quantitative estimate of drug-likeness (QED) is 0.425. The van der Waals surface area contributed by atoms with E-state index in [1.807, 2.05) is 6.08 Å². The Balaban J connectivity index is 2.36. The van der Waals surface area contributed by atoms with Gasteiger partial charge in [0.2, 0.25) is 0 Å². The van der Waals surface area contributed by atoms with Gasteiger partial charge in [-0.25, -0.2) is 0 Å². The van der Waals surface area contributed by atoms with Gasteiger partial charge in [-0.15, -0.1) is 0 Å². The number of rotatable bonds is 2. The number of carbonyl (C=O) groups is 2. The smallest absolute Gasteiger partial charge is 0.169 e. The summed E-state index contributed by atoms with van der Waals surface area (Å²) in [4.78, 5) is 23.3. The molecule has 0 bridgehead atoms. The van der Waals surface area contributed by atoms with Crippen molar-refractivity contribution in [1.82, 2.24) is 0 Å². The van der Waals surface area contributed by atoms with Crippen LogP contribution in [-0.4, -0.2) is 12.1 Å². The van der Waals surface area contributed by atoms with Crippen molar-refractivity contribution >= 4 is 12.1 Å². The van der Waals surface area contributed by atoms with Crippen molar-refractivity contribution in [3.05, 3.63) is 23.8 Å². The lowest BCUT2D eigenvalue weighted by molar-refractivity contribution is -0.129. The average molecular weight is 246 g/mol. The molecule has 2 aliphatic carbocycles. The van der Waals surface area contributed by atoms with Gasteiger partial charge in [0, 0.05) is 5.92 Å². The maximum Gasteiger partial charge on any atom is 0.169 e. The summed E-state index contributed by atoms with van der Waals surface area (Å²) in [6, 6.07) is 0. The Hall–Kier alpha value is -1.18. The first kappa shape index (κ1) is 13.3. The normalized spacial score (nSPS) is 39.8. The third-order valence-electron chi connectivity index (χ3n) is 5.18. The molecule has 2 nitrogen and oxygen atoms in total. The first-order valence-electron chi connectivity index (χ1n) is 6.76. The summed E-state index contributed by atoms with van der Waals surface area (Å²) < 4.78 is 0. The Labute approximate surface area is 109 Å². The van der Waals surface area contributed by atoms with Crippen LogP contribution in [-0.2, 0) is 9.59 Å². The van der Waals surface area contributed by atoms with Gasteiger partial charge < -0.3 is 0 Å². The summed E-state index contributed by atoms with van der Waals surface area (Å²) in [5.74, 6) is 0.884. The summed E-state index contributed by atoms with van der Waals surface area (Å²) >= 11 is 0. The van der Waals surface area contributed by atoms with Crippen molar-refractivity contribution in [3.8, 4) is 0 Å². The van der Waals surface area contributed by atoms with Crippen molar-refractivity contribution in [1.29, 1.82) is 0 Å². The summed E-state index contributed by atoms with van der Waals surface area (Å²) in [7, 11) is 0. The fraction of sp³-hybridized carbons (Fsp3) is 0.625. The SMILES string of the molecule is C=C(C)C1CCC2C(=O)C(C=O)=CC(C)C2(C)C1. The minimum Gasteiger partial charge on any atom is -0.298 e. The molecule has 0 radical (unpaired) electrons. The average Bonchev–Trinajstić information content (AvgIpc) is 2.33. The number of aldehydes is 1. The molecule has 2 rings (SSSR count). The van der Waals surface area contributed by atoms with E-state index in [1.54, 1.807) is 0 Å². The molecular formula is C16H22O2. The van der Waals surface area contributed by atoms with E-state index >= 15 is 0 Å². The molecule has 0 N–H and O–H groups in total. The van der Waals surface area contributed by atoms with Crippen molar-refractivity contribution in [2.45, 2.75) is 40.0 Å². The molecule has 0 amide bonds. The molecule has 0 aromatic carbocycles. The number of ketones is 1. The van der Waals surface area contributed by atoms with Gasteiger partial charge in [-0.2, -0.15) is 0 Å². The molecule has 0 spiro atoms. The van der Waals surface area contributed by atoms with Crippen molar-refractivity contribution in [2.75, 3.05) is 0 Å². The Morgan fingerprint density at radius 3 is 2.72 bits per heavy atom. The molecule has 4 atom stereocenters. The monoisotopic (exact) mass is 246 g/mol. The lowest BCUT2D eigenvalue weighted by Gasteiger charge is -2.49. The van der Waals surface area contributed by atoms with Gasteiger partial charge >= 0.3 is 0 Å². The van der Waals surface area contributed by atoms with E-state index in [1.165, 1.54) is 5.57 Å². The van der Waals surface area contributed by atoms with E-state index in [0.29, 0.717) is 11.5 Å². The van der Waals surface area contributed by atoms with Crippen LogP contribution < -0.4 is 0 Å². The van der Waals surface area contributed by atoms with Crippen LogP contribution in [0.25, 0.3) is 0 Å². The van der Waals surface area contributed by atoms with E-state index in [9.17, 15) is 9.59 Å². The molecule has 98 valence electrons. The number of hydrogen-bond acceptors (Lipinski definition) is 2. The Bertz CT molecular complexity index is 432. The van der Waals surface area contributed by atoms with E-state index in [4.69, 9.17) is 0 Å². The summed E-state index contributed by atoms with van der Waals surface area (Å²) in [5, 5.41) is 0. The van der Waals surface area contributed by atoms with Crippen molar-refractivity contribution in [3.63, 3.8) is 0 Å². The highest BCUT2D eigenvalue weighted by molar-refractivity contribution is 6.13. The number of carbonyl (C=O) groups excluding carboxylic acids is 2. The molecule has 1 saturated carbocycles. The second kappa shape index (κ2) is 4.49. The van der Waals surface area contributed by atoms with Crippen LogP contribution in [0.3, 0.4) is 0 Å². The molecule has 18 heavy (non-hydrogen) atoms. The molecule has 0 saturated heterocycles. The minimum absolute atomic E-state index is 0.00847. The first-order valence-corrected chi connectivity index (χ1v) is 6.76. The molecule has 2 aliphatic rings. The van der Waals surface area contributed by atoms with Gasteiger partial charge in [0.05, 0.1) is 5.57 Å². The van der Waals surface area contributed by atoms with Crippen LogP contribution in [0.15, 0.2) is 23.8 Å². The topological polar surface area (TPSA) is 34.1 Å². The highest BCUT2D eigenvalue weighted by atomic mass is 16.1. The van der Waals surface area contributed by atoms with E-state index in [2.05, 4.69) is 27.4 Å². The fourth-order valence-corrected chi connectivity index (χ4v) is 3.67. The van der Waals surface area contributed by atoms with Crippen molar-refractivity contribution in [2.24, 2.45) is 23.2 Å². The molecule has 1 fully saturated rings. The Morgan fingerprint density at radius 2 is 2.17 bits per heavy atom. The van der Waals surface area contributed by atoms with Gasteiger partial charge in [0.15, 0.2) is 12.1 Å². The number of Topliss-reactive ketones (excluding diaryl/α,β-unsaturated/α-hetero) is 1. The van der Waals surface area contributed by atoms with Gasteiger partial charge in [-0.1, -0.05) is 32.1 Å². The van der Waals surface area contributed by atoms with Gasteiger partial charge in [-0.05, 0) is 43.4 Å². The summed E-state index contributed by atoms with van der Waals surface area (Å²) in [6.45, 7) is 10.5. The third kappa shape index (κ3) is 1.88. The zero-order chi connectivity index (χ0) is 13.5. The fourth-order valence-electron chi connectivity index (χ4n) is 3.67. The molecule has 0 aromatic rings. The van der Waals surface area contributed by atoms with Crippen LogP contribution in [0.5, 0.6) is 0 Å². The molecule has 2 heteroatoms. The van der Waals surface area contributed by atoms with Crippen LogP contribution in [0.1, 0.15) is 40.0 Å². The number of hydrogen-bond donors (Lipinski definition) is 0. The summed E-state index contributed by atoms with van der Waals surface area (Å²) in [5.41, 5.74) is 1.60. The van der Waals surface area contributed by atoms with Crippen LogP contribution in [0.4, 0.5) is 0 Å². The number of allylic oxidation sites excluding steroid dienone is 3. The second-order valence-corrected chi connectivity index (χ2v) is 6.28. The van der Waals surface area contributed by atoms with Crippen molar-refractivity contribution < 1.29 is 9.59 Å². The van der Waals surface area contributed by atoms with E-state index < -0.39 is 0 Å². The lowest BCUT2D eigenvalue weighted by atomic mass is 9.54. The highest BCUT2D eigenvalue weighted by Gasteiger charge is 2.49. The predicted octanol–water partition coefficient (Wildman–Crippen LogP) is 3.33. The molecule has 4 unspecified atom stereocenters. The first-order chi connectivity index (χ1) is 8.40. The van der Waals surface area contributed by atoms with E-state index in [0.717, 1.165) is 25.5 Å². The zero-order valence-corrected chi connectivity index (χ0v) is 11.5. The van der Waals surface area contributed by atoms with Gasteiger partial charge in [0.25, 0.3) is 0 Å². The second-order valence-electron chi connectivity index (χ2n) is 6.28. The standard InChI is InChI=1S/C16H22O2/c1-10(2)12-5-6-14-15(18)13(9-17)7-11(3)16(14,4)8-12/h7,9,11-12,14H,1,5-6,8H2,2-4H3.